The maximum Gasteiger partial charge on any atom is 0.433 e. The molecular weight excluding hydrogens is 450 g/mol. The normalized spacial score (nSPS) is 16.2. The second-order valence-electron chi connectivity index (χ2n) is 6.58. The van der Waals surface area contributed by atoms with Crippen LogP contribution in [0.5, 0.6) is 5.75 Å². The van der Waals surface area contributed by atoms with E-state index in [1.165, 1.54) is 23.5 Å². The molecule has 4 rings (SSSR count). The van der Waals surface area contributed by atoms with Gasteiger partial charge in [-0.15, -0.1) is 11.3 Å². The van der Waals surface area contributed by atoms with E-state index in [2.05, 4.69) is 4.98 Å². The van der Waals surface area contributed by atoms with E-state index in [0.29, 0.717) is 55.5 Å². The predicted molar refractivity (Wildman–Crippen MR) is 104 cm³/mol. The first kappa shape index (κ1) is 20.3. The van der Waals surface area contributed by atoms with E-state index in [-0.39, 0.29) is 6.42 Å². The molecule has 0 amide bonds. The summed E-state index contributed by atoms with van der Waals surface area (Å²) in [5.41, 5.74) is 0.575. The van der Waals surface area contributed by atoms with Crippen LogP contribution in [0.1, 0.15) is 35.0 Å². The van der Waals surface area contributed by atoms with Crippen molar-refractivity contribution in [3.05, 3.63) is 56.1 Å². The first-order valence-electron chi connectivity index (χ1n) is 8.48. The molecule has 0 saturated heterocycles. The maximum absolute atomic E-state index is 12.9. The molecule has 10 heteroatoms. The Bertz CT molecular complexity index is 1130. The number of carboxylic acids is 1. The van der Waals surface area contributed by atoms with E-state index >= 15 is 0 Å². The van der Waals surface area contributed by atoms with Gasteiger partial charge in [0.2, 0.25) is 0 Å². The van der Waals surface area contributed by atoms with E-state index in [9.17, 15) is 18.0 Å². The SMILES string of the molecule is O=C(O)Cc1csc2c(Cl)c(OC3CCc4nc(C(F)(F)F)ccc43)cc(Cl)c12. The Morgan fingerprint density at radius 1 is 1.34 bits per heavy atom. The Hall–Kier alpha value is -2.03. The van der Waals surface area contributed by atoms with Gasteiger partial charge in [-0.3, -0.25) is 4.79 Å². The van der Waals surface area contributed by atoms with E-state index in [1.54, 1.807) is 5.38 Å². The average molecular weight is 462 g/mol. The number of hydrogen-bond acceptors (Lipinski definition) is 4. The molecule has 0 saturated carbocycles. The van der Waals surface area contributed by atoms with Crippen LogP contribution < -0.4 is 4.74 Å². The Morgan fingerprint density at radius 3 is 2.79 bits per heavy atom. The number of nitrogens with zero attached hydrogens (tertiary/aromatic N) is 1. The highest BCUT2D eigenvalue weighted by atomic mass is 35.5. The summed E-state index contributed by atoms with van der Waals surface area (Å²) in [6.07, 6.45) is -4.35. The number of ether oxygens (including phenoxy) is 1. The summed E-state index contributed by atoms with van der Waals surface area (Å²) in [4.78, 5) is 14.8. The number of rotatable bonds is 4. The second-order valence-corrected chi connectivity index (χ2v) is 8.25. The third kappa shape index (κ3) is 3.76. The van der Waals surface area contributed by atoms with Gasteiger partial charge in [-0.05, 0) is 29.9 Å². The van der Waals surface area contributed by atoms with Crippen LogP contribution in [-0.2, 0) is 23.8 Å². The van der Waals surface area contributed by atoms with Crippen LogP contribution in [0, 0.1) is 0 Å². The van der Waals surface area contributed by atoms with Crippen molar-refractivity contribution >= 4 is 50.6 Å². The molecule has 3 aromatic rings. The van der Waals surface area contributed by atoms with Crippen molar-refractivity contribution in [1.29, 1.82) is 0 Å². The fourth-order valence-electron chi connectivity index (χ4n) is 3.42. The number of carboxylic acid groups (broad SMARTS) is 1. The molecule has 2 heterocycles. The molecule has 152 valence electrons. The van der Waals surface area contributed by atoms with Gasteiger partial charge in [-0.1, -0.05) is 29.3 Å². The van der Waals surface area contributed by atoms with Gasteiger partial charge < -0.3 is 9.84 Å². The van der Waals surface area contributed by atoms with Gasteiger partial charge in [0, 0.05) is 22.7 Å². The molecule has 0 spiro atoms. The summed E-state index contributed by atoms with van der Waals surface area (Å²) >= 11 is 14.1. The lowest BCUT2D eigenvalue weighted by Gasteiger charge is -2.17. The number of aliphatic carboxylic acids is 1. The van der Waals surface area contributed by atoms with E-state index in [1.807, 2.05) is 0 Å². The molecule has 4 nitrogen and oxygen atoms in total. The molecule has 0 aliphatic heterocycles. The molecule has 29 heavy (non-hydrogen) atoms. The van der Waals surface area contributed by atoms with Crippen LogP contribution >= 0.6 is 34.5 Å². The standard InChI is InChI=1S/C19H12Cl2F3NO3S/c20-10-6-13(17(21)18-16(10)8(7-29-18)5-15(26)27)28-12-3-2-11-9(12)1-4-14(25-11)19(22,23)24/h1,4,6-7,12H,2-3,5H2,(H,26,27). The zero-order chi connectivity index (χ0) is 20.9. The third-order valence-electron chi connectivity index (χ3n) is 4.68. The van der Waals surface area contributed by atoms with Crippen LogP contribution in [0.15, 0.2) is 23.6 Å². The highest BCUT2D eigenvalue weighted by Gasteiger charge is 2.35. The van der Waals surface area contributed by atoms with Crippen molar-refractivity contribution in [1.82, 2.24) is 4.98 Å². The van der Waals surface area contributed by atoms with Gasteiger partial charge in [0.15, 0.2) is 0 Å². The molecule has 0 radical (unpaired) electrons. The molecule has 1 aliphatic carbocycles. The van der Waals surface area contributed by atoms with Crippen molar-refractivity contribution in [3.8, 4) is 5.75 Å². The van der Waals surface area contributed by atoms with E-state index < -0.39 is 23.9 Å². The predicted octanol–water partition coefficient (Wildman–Crippen LogP) is 6.32. The summed E-state index contributed by atoms with van der Waals surface area (Å²) in [7, 11) is 0. The molecule has 1 aromatic carbocycles. The summed E-state index contributed by atoms with van der Waals surface area (Å²) in [5.74, 6) is -0.684. The molecule has 1 aliphatic rings. The smallest absolute Gasteiger partial charge is 0.433 e. The monoisotopic (exact) mass is 461 g/mol. The summed E-state index contributed by atoms with van der Waals surface area (Å²) in [6, 6.07) is 3.84. The minimum Gasteiger partial charge on any atom is -0.484 e. The number of carbonyl (C=O) groups is 1. The van der Waals surface area contributed by atoms with Crippen molar-refractivity contribution in [2.24, 2.45) is 0 Å². The topological polar surface area (TPSA) is 59.4 Å². The fraction of sp³-hybridized carbons (Fsp3) is 0.263. The molecule has 1 atom stereocenters. The van der Waals surface area contributed by atoms with Gasteiger partial charge >= 0.3 is 12.1 Å². The first-order valence-corrected chi connectivity index (χ1v) is 10.1. The number of aromatic nitrogens is 1. The van der Waals surface area contributed by atoms with E-state index in [0.717, 1.165) is 6.07 Å². The number of thiophene rings is 1. The van der Waals surface area contributed by atoms with Crippen molar-refractivity contribution in [3.63, 3.8) is 0 Å². The van der Waals surface area contributed by atoms with Crippen LogP contribution in [0.3, 0.4) is 0 Å². The summed E-state index contributed by atoms with van der Waals surface area (Å²) in [6.45, 7) is 0. The van der Waals surface area contributed by atoms with Crippen molar-refractivity contribution < 1.29 is 27.8 Å². The minimum atomic E-state index is -4.50. The maximum atomic E-state index is 12.9. The first-order chi connectivity index (χ1) is 13.6. The highest BCUT2D eigenvalue weighted by molar-refractivity contribution is 7.18. The number of aryl methyl sites for hydroxylation is 1. The quantitative estimate of drug-likeness (QED) is 0.494. The molecular formula is C19H12Cl2F3NO3S. The van der Waals surface area contributed by atoms with Gasteiger partial charge in [0.25, 0.3) is 0 Å². The Labute approximate surface area is 176 Å². The van der Waals surface area contributed by atoms with Crippen LogP contribution in [0.4, 0.5) is 13.2 Å². The number of fused-ring (bicyclic) bond motifs is 2. The largest absolute Gasteiger partial charge is 0.484 e. The number of pyridine rings is 1. The van der Waals surface area contributed by atoms with Crippen LogP contribution in [-0.4, -0.2) is 16.1 Å². The lowest BCUT2D eigenvalue weighted by Crippen LogP contribution is -2.10. The van der Waals surface area contributed by atoms with Gasteiger partial charge in [-0.25, -0.2) is 4.98 Å². The molecule has 0 fully saturated rings. The lowest BCUT2D eigenvalue weighted by atomic mass is 10.1. The zero-order valence-electron chi connectivity index (χ0n) is 14.5. The molecule has 0 bridgehead atoms. The van der Waals surface area contributed by atoms with Crippen molar-refractivity contribution in [2.75, 3.05) is 0 Å². The zero-order valence-corrected chi connectivity index (χ0v) is 16.8. The lowest BCUT2D eigenvalue weighted by molar-refractivity contribution is -0.141. The van der Waals surface area contributed by atoms with Crippen molar-refractivity contribution in [2.45, 2.75) is 31.5 Å². The van der Waals surface area contributed by atoms with E-state index in [4.69, 9.17) is 33.0 Å². The number of benzene rings is 1. The second kappa shape index (κ2) is 7.34. The molecule has 1 unspecified atom stereocenters. The highest BCUT2D eigenvalue weighted by Crippen LogP contribution is 2.45. The third-order valence-corrected chi connectivity index (χ3v) is 6.51. The Morgan fingerprint density at radius 2 is 2.10 bits per heavy atom. The van der Waals surface area contributed by atoms with Crippen LogP contribution in [0.2, 0.25) is 10.0 Å². The molecule has 2 aromatic heterocycles. The number of halogens is 5. The number of hydrogen-bond donors (Lipinski definition) is 1. The van der Waals surface area contributed by atoms with Gasteiger partial charge in [0.05, 0.1) is 16.1 Å². The van der Waals surface area contributed by atoms with Gasteiger partial charge in [0.1, 0.15) is 22.6 Å². The summed E-state index contributed by atoms with van der Waals surface area (Å²) in [5, 5.41) is 11.9. The molecule has 1 N–H and O–H groups in total. The Balaban J connectivity index is 1.67. The number of alkyl halides is 3. The van der Waals surface area contributed by atoms with Crippen LogP contribution in [0.25, 0.3) is 10.1 Å². The Kier molecular flexibility index (Phi) is 5.13. The fourth-order valence-corrected chi connectivity index (χ4v) is 5.14. The van der Waals surface area contributed by atoms with Gasteiger partial charge in [-0.2, -0.15) is 13.2 Å². The summed E-state index contributed by atoms with van der Waals surface area (Å²) < 4.78 is 45.2. The minimum absolute atomic E-state index is 0.181. The average Bonchev–Trinajstić information content (AvgIpc) is 3.22.